The van der Waals surface area contributed by atoms with Crippen LogP contribution in [0.25, 0.3) is 32.9 Å². The van der Waals surface area contributed by atoms with Crippen LogP contribution in [-0.2, 0) is 0 Å². The molecular formula is C26H26N4O2. The van der Waals surface area contributed by atoms with Gasteiger partial charge in [-0.15, -0.1) is 0 Å². The third kappa shape index (κ3) is 4.04. The fourth-order valence-corrected chi connectivity index (χ4v) is 3.83. The summed E-state index contributed by atoms with van der Waals surface area (Å²) in [6.45, 7) is 5.15. The molecule has 0 unspecified atom stereocenters. The summed E-state index contributed by atoms with van der Waals surface area (Å²) < 4.78 is 0. The maximum absolute atomic E-state index is 13.3. The van der Waals surface area contributed by atoms with Crippen molar-refractivity contribution in [3.05, 3.63) is 72.1 Å². The first kappa shape index (κ1) is 21.4. The molecule has 0 saturated carbocycles. The SMILES string of the molecule is CCCNC(=O)c1c(-c2cnc3ccccc3c2C(=O)NCCC)cnc2ccccc12. The van der Waals surface area contributed by atoms with Crippen molar-refractivity contribution in [2.45, 2.75) is 26.7 Å². The molecule has 162 valence electrons. The van der Waals surface area contributed by atoms with E-state index in [0.717, 1.165) is 34.6 Å². The zero-order chi connectivity index (χ0) is 22.5. The topological polar surface area (TPSA) is 84.0 Å². The van der Waals surface area contributed by atoms with Gasteiger partial charge in [-0.05, 0) is 25.0 Å². The second-order valence-corrected chi connectivity index (χ2v) is 7.64. The van der Waals surface area contributed by atoms with Crippen LogP contribution in [0.3, 0.4) is 0 Å². The molecule has 32 heavy (non-hydrogen) atoms. The van der Waals surface area contributed by atoms with Gasteiger partial charge in [0.15, 0.2) is 0 Å². The number of amides is 2. The lowest BCUT2D eigenvalue weighted by Crippen LogP contribution is -2.27. The van der Waals surface area contributed by atoms with E-state index in [9.17, 15) is 9.59 Å². The van der Waals surface area contributed by atoms with E-state index in [1.807, 2.05) is 62.4 Å². The number of hydrogen-bond acceptors (Lipinski definition) is 4. The van der Waals surface area contributed by atoms with Gasteiger partial charge in [-0.25, -0.2) is 0 Å². The standard InChI is InChI=1S/C26H26N4O2/c1-3-13-27-25(31)23-17-9-5-7-11-21(17)29-15-19(23)20-16-30-22-12-8-6-10-18(22)24(20)26(32)28-14-4-2/h5-12,15-16H,3-4,13-14H2,1-2H3,(H,27,31)(H,28,32). The van der Waals surface area contributed by atoms with Crippen LogP contribution in [0.2, 0.25) is 0 Å². The minimum absolute atomic E-state index is 0.187. The third-order valence-corrected chi connectivity index (χ3v) is 5.37. The van der Waals surface area contributed by atoms with Crippen molar-refractivity contribution in [1.82, 2.24) is 20.6 Å². The molecule has 4 rings (SSSR count). The number of aromatic nitrogens is 2. The molecule has 0 aliphatic heterocycles. The van der Waals surface area contributed by atoms with Gasteiger partial charge >= 0.3 is 0 Å². The molecule has 0 atom stereocenters. The molecule has 2 heterocycles. The molecular weight excluding hydrogens is 400 g/mol. The number of fused-ring (bicyclic) bond motifs is 2. The molecule has 2 amide bonds. The fourth-order valence-electron chi connectivity index (χ4n) is 3.83. The highest BCUT2D eigenvalue weighted by Crippen LogP contribution is 2.34. The Hall–Kier alpha value is -3.80. The van der Waals surface area contributed by atoms with E-state index in [1.165, 1.54) is 0 Å². The minimum Gasteiger partial charge on any atom is -0.352 e. The van der Waals surface area contributed by atoms with E-state index < -0.39 is 0 Å². The smallest absolute Gasteiger partial charge is 0.252 e. The van der Waals surface area contributed by atoms with Crippen LogP contribution in [-0.4, -0.2) is 34.9 Å². The van der Waals surface area contributed by atoms with Gasteiger partial charge < -0.3 is 10.6 Å². The molecule has 6 nitrogen and oxygen atoms in total. The summed E-state index contributed by atoms with van der Waals surface area (Å²) in [5, 5.41) is 7.45. The van der Waals surface area contributed by atoms with E-state index in [2.05, 4.69) is 20.6 Å². The molecule has 0 fully saturated rings. The van der Waals surface area contributed by atoms with Crippen molar-refractivity contribution in [3.8, 4) is 11.1 Å². The molecule has 2 aromatic carbocycles. The number of nitrogens with zero attached hydrogens (tertiary/aromatic N) is 2. The summed E-state index contributed by atoms with van der Waals surface area (Å²) in [5.74, 6) is -0.373. The van der Waals surface area contributed by atoms with Gasteiger partial charge in [0.05, 0.1) is 22.2 Å². The number of carbonyl (C=O) groups excluding carboxylic acids is 2. The fraction of sp³-hybridized carbons (Fsp3) is 0.231. The zero-order valence-electron chi connectivity index (χ0n) is 18.3. The van der Waals surface area contributed by atoms with Gasteiger partial charge in [-0.3, -0.25) is 19.6 Å². The van der Waals surface area contributed by atoms with Crippen LogP contribution < -0.4 is 10.6 Å². The average molecular weight is 427 g/mol. The van der Waals surface area contributed by atoms with E-state index in [-0.39, 0.29) is 11.8 Å². The summed E-state index contributed by atoms with van der Waals surface area (Å²) in [6, 6.07) is 15.1. The van der Waals surface area contributed by atoms with Gasteiger partial charge in [0.2, 0.25) is 0 Å². The van der Waals surface area contributed by atoms with Crippen LogP contribution >= 0.6 is 0 Å². The van der Waals surface area contributed by atoms with Crippen LogP contribution in [0.5, 0.6) is 0 Å². The summed E-state index contributed by atoms with van der Waals surface area (Å²) in [5.41, 5.74) is 3.65. The van der Waals surface area contributed by atoms with Crippen molar-refractivity contribution < 1.29 is 9.59 Å². The predicted molar refractivity (Wildman–Crippen MR) is 128 cm³/mol. The second-order valence-electron chi connectivity index (χ2n) is 7.64. The van der Waals surface area contributed by atoms with Crippen molar-refractivity contribution in [2.24, 2.45) is 0 Å². The Morgan fingerprint density at radius 3 is 1.50 bits per heavy atom. The number of pyridine rings is 2. The monoisotopic (exact) mass is 426 g/mol. The molecule has 0 bridgehead atoms. The number of benzene rings is 2. The second kappa shape index (κ2) is 9.56. The Morgan fingerprint density at radius 2 is 1.09 bits per heavy atom. The lowest BCUT2D eigenvalue weighted by Gasteiger charge is -2.17. The Labute approximate surface area is 187 Å². The van der Waals surface area contributed by atoms with E-state index in [0.29, 0.717) is 35.3 Å². The Kier molecular flexibility index (Phi) is 6.40. The predicted octanol–water partition coefficient (Wildman–Crippen LogP) is 4.73. The maximum atomic E-state index is 13.3. The number of carbonyl (C=O) groups is 2. The highest BCUT2D eigenvalue weighted by molar-refractivity contribution is 6.16. The van der Waals surface area contributed by atoms with E-state index >= 15 is 0 Å². The van der Waals surface area contributed by atoms with Crippen molar-refractivity contribution in [3.63, 3.8) is 0 Å². The summed E-state index contributed by atoms with van der Waals surface area (Å²) >= 11 is 0. The van der Waals surface area contributed by atoms with Gasteiger partial charge in [0, 0.05) is 47.4 Å². The highest BCUT2D eigenvalue weighted by Gasteiger charge is 2.23. The molecule has 0 saturated heterocycles. The molecule has 0 radical (unpaired) electrons. The van der Waals surface area contributed by atoms with Gasteiger partial charge in [-0.2, -0.15) is 0 Å². The van der Waals surface area contributed by atoms with Crippen LogP contribution in [0, 0.1) is 0 Å². The maximum Gasteiger partial charge on any atom is 0.252 e. The Balaban J connectivity index is 2.01. The number of para-hydroxylation sites is 2. The molecule has 0 aliphatic rings. The molecule has 2 aromatic heterocycles. The Morgan fingerprint density at radius 1 is 0.688 bits per heavy atom. The van der Waals surface area contributed by atoms with Crippen molar-refractivity contribution in [2.75, 3.05) is 13.1 Å². The number of rotatable bonds is 7. The first-order valence-corrected chi connectivity index (χ1v) is 11.0. The van der Waals surface area contributed by atoms with Gasteiger partial charge in [0.25, 0.3) is 11.8 Å². The number of hydrogen-bond donors (Lipinski definition) is 2. The number of nitrogens with one attached hydrogen (secondary N) is 2. The Bertz CT molecular complexity index is 1200. The molecule has 6 heteroatoms. The van der Waals surface area contributed by atoms with Crippen LogP contribution in [0.15, 0.2) is 60.9 Å². The lowest BCUT2D eigenvalue weighted by atomic mass is 9.92. The van der Waals surface area contributed by atoms with E-state index in [4.69, 9.17) is 0 Å². The first-order chi connectivity index (χ1) is 15.7. The zero-order valence-corrected chi connectivity index (χ0v) is 18.3. The molecule has 2 N–H and O–H groups in total. The average Bonchev–Trinajstić information content (AvgIpc) is 2.84. The third-order valence-electron chi connectivity index (χ3n) is 5.37. The normalized spacial score (nSPS) is 10.9. The van der Waals surface area contributed by atoms with Crippen molar-refractivity contribution in [1.29, 1.82) is 0 Å². The molecule has 0 spiro atoms. The van der Waals surface area contributed by atoms with Gasteiger partial charge in [-0.1, -0.05) is 50.2 Å². The molecule has 0 aliphatic carbocycles. The summed E-state index contributed by atoms with van der Waals surface area (Å²) in [7, 11) is 0. The highest BCUT2D eigenvalue weighted by atomic mass is 16.2. The summed E-state index contributed by atoms with van der Waals surface area (Å²) in [6.07, 6.45) is 5.00. The first-order valence-electron chi connectivity index (χ1n) is 11.0. The van der Waals surface area contributed by atoms with Crippen molar-refractivity contribution >= 4 is 33.6 Å². The van der Waals surface area contributed by atoms with E-state index in [1.54, 1.807) is 12.4 Å². The quantitative estimate of drug-likeness (QED) is 0.447. The van der Waals surface area contributed by atoms with Crippen LogP contribution in [0.4, 0.5) is 0 Å². The molecule has 4 aromatic rings. The minimum atomic E-state index is -0.187. The van der Waals surface area contributed by atoms with Gasteiger partial charge in [0.1, 0.15) is 0 Å². The summed E-state index contributed by atoms with van der Waals surface area (Å²) in [4.78, 5) is 35.7. The lowest BCUT2D eigenvalue weighted by molar-refractivity contribution is 0.0945. The van der Waals surface area contributed by atoms with Crippen LogP contribution in [0.1, 0.15) is 47.4 Å². The largest absolute Gasteiger partial charge is 0.352 e.